The quantitative estimate of drug-likeness (QED) is 0.428. The van der Waals surface area contributed by atoms with Crippen molar-refractivity contribution in [3.8, 4) is 12.3 Å². The van der Waals surface area contributed by atoms with Gasteiger partial charge < -0.3 is 10.4 Å². The molecule has 4 heteroatoms. The SMILES string of the molecule is C#CCNCC(=O)NC1(CO)CCCC1. The van der Waals surface area contributed by atoms with Crippen LogP contribution in [0.5, 0.6) is 0 Å². The maximum atomic E-state index is 11.5. The molecule has 0 aliphatic heterocycles. The first-order valence-corrected chi connectivity index (χ1v) is 5.28. The highest BCUT2D eigenvalue weighted by atomic mass is 16.3. The van der Waals surface area contributed by atoms with Gasteiger partial charge >= 0.3 is 0 Å². The zero-order chi connectivity index (χ0) is 11.1. The van der Waals surface area contributed by atoms with E-state index in [1.807, 2.05) is 0 Å². The summed E-state index contributed by atoms with van der Waals surface area (Å²) in [7, 11) is 0. The zero-order valence-electron chi connectivity index (χ0n) is 8.88. The molecule has 1 saturated carbocycles. The number of terminal acetylenes is 1. The minimum atomic E-state index is -0.380. The van der Waals surface area contributed by atoms with Gasteiger partial charge in [0.05, 0.1) is 25.2 Å². The van der Waals surface area contributed by atoms with Gasteiger partial charge in [0.25, 0.3) is 0 Å². The molecule has 0 bridgehead atoms. The highest BCUT2D eigenvalue weighted by Crippen LogP contribution is 2.28. The molecule has 0 aromatic carbocycles. The van der Waals surface area contributed by atoms with Crippen molar-refractivity contribution in [2.24, 2.45) is 0 Å². The molecule has 0 unspecified atom stereocenters. The number of carbonyl (C=O) groups excluding carboxylic acids is 1. The highest BCUT2D eigenvalue weighted by molar-refractivity contribution is 5.79. The Morgan fingerprint density at radius 1 is 1.47 bits per heavy atom. The van der Waals surface area contributed by atoms with Crippen LogP contribution in [0, 0.1) is 12.3 Å². The smallest absolute Gasteiger partial charge is 0.234 e. The second-order valence-corrected chi connectivity index (χ2v) is 4.00. The molecule has 0 aromatic rings. The summed E-state index contributed by atoms with van der Waals surface area (Å²) < 4.78 is 0. The molecule has 0 spiro atoms. The maximum Gasteiger partial charge on any atom is 0.234 e. The van der Waals surface area contributed by atoms with E-state index in [1.54, 1.807) is 0 Å². The number of carbonyl (C=O) groups is 1. The van der Waals surface area contributed by atoms with E-state index in [9.17, 15) is 9.90 Å². The monoisotopic (exact) mass is 210 g/mol. The first kappa shape index (κ1) is 12.0. The molecule has 15 heavy (non-hydrogen) atoms. The number of aliphatic hydroxyl groups is 1. The molecule has 0 atom stereocenters. The van der Waals surface area contributed by atoms with Crippen LogP contribution >= 0.6 is 0 Å². The van der Waals surface area contributed by atoms with Crippen LogP contribution in [-0.2, 0) is 4.79 Å². The fraction of sp³-hybridized carbons (Fsp3) is 0.727. The van der Waals surface area contributed by atoms with Gasteiger partial charge in [0.1, 0.15) is 0 Å². The van der Waals surface area contributed by atoms with Crippen LogP contribution in [0.25, 0.3) is 0 Å². The van der Waals surface area contributed by atoms with Crippen molar-refractivity contribution in [2.45, 2.75) is 31.2 Å². The van der Waals surface area contributed by atoms with Crippen molar-refractivity contribution < 1.29 is 9.90 Å². The Morgan fingerprint density at radius 3 is 2.67 bits per heavy atom. The minimum Gasteiger partial charge on any atom is -0.394 e. The molecule has 1 aliphatic rings. The van der Waals surface area contributed by atoms with Crippen molar-refractivity contribution in [2.75, 3.05) is 19.7 Å². The highest BCUT2D eigenvalue weighted by Gasteiger charge is 2.34. The van der Waals surface area contributed by atoms with E-state index in [-0.39, 0.29) is 24.6 Å². The molecule has 0 saturated heterocycles. The topological polar surface area (TPSA) is 61.4 Å². The third-order valence-corrected chi connectivity index (χ3v) is 2.78. The van der Waals surface area contributed by atoms with Gasteiger partial charge in [0, 0.05) is 0 Å². The van der Waals surface area contributed by atoms with Gasteiger partial charge in [0.2, 0.25) is 5.91 Å². The summed E-state index contributed by atoms with van der Waals surface area (Å²) in [6.45, 7) is 0.624. The summed E-state index contributed by atoms with van der Waals surface area (Å²) in [5, 5.41) is 15.0. The Balaban J connectivity index is 2.32. The molecule has 1 fully saturated rings. The average Bonchev–Trinajstić information content (AvgIpc) is 2.67. The third kappa shape index (κ3) is 3.54. The largest absolute Gasteiger partial charge is 0.394 e. The van der Waals surface area contributed by atoms with E-state index >= 15 is 0 Å². The third-order valence-electron chi connectivity index (χ3n) is 2.78. The Bertz CT molecular complexity index is 252. The predicted molar refractivity (Wildman–Crippen MR) is 58.1 cm³/mol. The Kier molecular flexibility index (Phi) is 4.60. The lowest BCUT2D eigenvalue weighted by Crippen LogP contribution is -2.51. The molecule has 1 rings (SSSR count). The van der Waals surface area contributed by atoms with Crippen LogP contribution < -0.4 is 10.6 Å². The minimum absolute atomic E-state index is 0.0217. The van der Waals surface area contributed by atoms with Crippen molar-refractivity contribution in [1.82, 2.24) is 10.6 Å². The molecule has 0 aromatic heterocycles. The van der Waals surface area contributed by atoms with Gasteiger partial charge in [-0.05, 0) is 12.8 Å². The van der Waals surface area contributed by atoms with Crippen molar-refractivity contribution in [3.05, 3.63) is 0 Å². The van der Waals surface area contributed by atoms with E-state index in [4.69, 9.17) is 6.42 Å². The van der Waals surface area contributed by atoms with Crippen LogP contribution in [0.15, 0.2) is 0 Å². The van der Waals surface area contributed by atoms with E-state index < -0.39 is 0 Å². The number of amides is 1. The summed E-state index contributed by atoms with van der Waals surface area (Å²) in [6.07, 6.45) is 8.91. The van der Waals surface area contributed by atoms with Gasteiger partial charge in [-0.2, -0.15) is 0 Å². The number of hydrogen-bond acceptors (Lipinski definition) is 3. The second kappa shape index (κ2) is 5.74. The molecule has 1 aliphatic carbocycles. The molecule has 84 valence electrons. The van der Waals surface area contributed by atoms with Crippen LogP contribution in [-0.4, -0.2) is 36.2 Å². The summed E-state index contributed by atoms with van der Waals surface area (Å²) in [6, 6.07) is 0. The fourth-order valence-corrected chi connectivity index (χ4v) is 1.96. The Hall–Kier alpha value is -1.05. The second-order valence-electron chi connectivity index (χ2n) is 4.00. The van der Waals surface area contributed by atoms with Gasteiger partial charge in [-0.3, -0.25) is 10.1 Å². The molecule has 0 radical (unpaired) electrons. The standard InChI is InChI=1S/C11H18N2O2/c1-2-7-12-8-10(15)13-11(9-14)5-3-4-6-11/h1,12,14H,3-9H2,(H,13,15). The first-order chi connectivity index (χ1) is 7.22. The summed E-state index contributed by atoms with van der Waals surface area (Å²) in [5.74, 6) is 2.30. The summed E-state index contributed by atoms with van der Waals surface area (Å²) in [4.78, 5) is 11.5. The number of aliphatic hydroxyl groups excluding tert-OH is 1. The number of rotatable bonds is 5. The zero-order valence-corrected chi connectivity index (χ0v) is 8.88. The van der Waals surface area contributed by atoms with E-state index in [0.29, 0.717) is 6.54 Å². The van der Waals surface area contributed by atoms with Gasteiger partial charge in [-0.1, -0.05) is 18.8 Å². The fourth-order valence-electron chi connectivity index (χ4n) is 1.96. The van der Waals surface area contributed by atoms with Gasteiger partial charge in [0.15, 0.2) is 0 Å². The van der Waals surface area contributed by atoms with Crippen LogP contribution in [0.1, 0.15) is 25.7 Å². The summed E-state index contributed by atoms with van der Waals surface area (Å²) >= 11 is 0. The van der Waals surface area contributed by atoms with Gasteiger partial charge in [-0.25, -0.2) is 0 Å². The normalized spacial score (nSPS) is 18.4. The molecule has 0 heterocycles. The summed E-state index contributed by atoms with van der Waals surface area (Å²) in [5.41, 5.74) is -0.380. The Labute approximate surface area is 90.4 Å². The van der Waals surface area contributed by atoms with E-state index in [1.165, 1.54) is 0 Å². The molecule has 3 N–H and O–H groups in total. The van der Waals surface area contributed by atoms with Crippen molar-refractivity contribution in [1.29, 1.82) is 0 Å². The van der Waals surface area contributed by atoms with Crippen molar-refractivity contribution in [3.63, 3.8) is 0 Å². The van der Waals surface area contributed by atoms with E-state index in [2.05, 4.69) is 16.6 Å². The van der Waals surface area contributed by atoms with Crippen LogP contribution in [0.3, 0.4) is 0 Å². The van der Waals surface area contributed by atoms with Crippen molar-refractivity contribution >= 4 is 5.91 Å². The predicted octanol–water partition coefficient (Wildman–Crippen LogP) is -0.369. The average molecular weight is 210 g/mol. The maximum absolute atomic E-state index is 11.5. The molecular weight excluding hydrogens is 192 g/mol. The van der Waals surface area contributed by atoms with Crippen LogP contribution in [0.2, 0.25) is 0 Å². The molecule has 1 amide bonds. The molecular formula is C11H18N2O2. The lowest BCUT2D eigenvalue weighted by molar-refractivity contribution is -0.122. The first-order valence-electron chi connectivity index (χ1n) is 5.28. The van der Waals surface area contributed by atoms with E-state index in [0.717, 1.165) is 25.7 Å². The number of nitrogens with one attached hydrogen (secondary N) is 2. The van der Waals surface area contributed by atoms with Gasteiger partial charge in [-0.15, -0.1) is 6.42 Å². The van der Waals surface area contributed by atoms with Crippen LogP contribution in [0.4, 0.5) is 0 Å². The number of hydrogen-bond donors (Lipinski definition) is 3. The lowest BCUT2D eigenvalue weighted by Gasteiger charge is -2.27. The Morgan fingerprint density at radius 2 is 2.13 bits per heavy atom. The molecule has 4 nitrogen and oxygen atoms in total. The lowest BCUT2D eigenvalue weighted by atomic mass is 9.99.